The first-order chi connectivity index (χ1) is 15.6. The summed E-state index contributed by atoms with van der Waals surface area (Å²) >= 11 is 15.3. The van der Waals surface area contributed by atoms with Crippen molar-refractivity contribution in [2.45, 2.75) is 24.3 Å². The number of thioether (sulfide) groups is 1. The number of hydrogen-bond donors (Lipinski definition) is 1. The van der Waals surface area contributed by atoms with Crippen molar-refractivity contribution in [2.75, 3.05) is 17.2 Å². The lowest BCUT2D eigenvalue weighted by atomic mass is 10.2. The number of hydrogen-bond acceptors (Lipinski definition) is 7. The molecule has 0 saturated carbocycles. The summed E-state index contributed by atoms with van der Waals surface area (Å²) < 4.78 is 35.5. The molecule has 1 N–H and O–H groups in total. The number of carboxylic acid groups (broad SMARTS) is 1. The second-order valence-electron chi connectivity index (χ2n) is 7.35. The Kier molecular flexibility index (Phi) is 7.23. The van der Waals surface area contributed by atoms with Crippen molar-refractivity contribution in [3.63, 3.8) is 0 Å². The molecule has 0 saturated heterocycles. The van der Waals surface area contributed by atoms with E-state index in [2.05, 4.69) is 0 Å². The number of rotatable bonds is 8. The van der Waals surface area contributed by atoms with Crippen molar-refractivity contribution in [1.29, 1.82) is 0 Å². The molecule has 7 nitrogen and oxygen atoms in total. The zero-order chi connectivity index (χ0) is 23.8. The third-order valence-corrected chi connectivity index (χ3v) is 8.43. The van der Waals surface area contributed by atoms with Crippen molar-refractivity contribution >= 4 is 84.4 Å². The Morgan fingerprint density at radius 1 is 1.15 bits per heavy atom. The molecule has 3 aromatic rings. The number of fused-ring (bicyclic) bond motifs is 2. The predicted octanol–water partition coefficient (Wildman–Crippen LogP) is 4.82. The second kappa shape index (κ2) is 9.81. The van der Waals surface area contributed by atoms with Gasteiger partial charge in [-0.1, -0.05) is 46.3 Å². The van der Waals surface area contributed by atoms with Crippen LogP contribution < -0.4 is 9.47 Å². The maximum Gasteiger partial charge on any atom is 0.370 e. The number of anilines is 1. The molecule has 0 spiro atoms. The zero-order valence-corrected chi connectivity index (χ0v) is 21.0. The molecular weight excluding hydrogens is 527 g/mol. The molecule has 33 heavy (non-hydrogen) atoms. The molecule has 1 aromatic heterocycles. The summed E-state index contributed by atoms with van der Waals surface area (Å²) in [5, 5.41) is 12.1. The average Bonchev–Trinajstić information content (AvgIpc) is 3.22. The molecule has 1 aliphatic rings. The van der Waals surface area contributed by atoms with Crippen LogP contribution in [0.1, 0.15) is 17.8 Å². The number of aliphatic carboxylic acids is 1. The Hall–Kier alpha value is -1.82. The molecule has 2 aromatic carbocycles. The Morgan fingerprint density at radius 3 is 2.61 bits per heavy atom. The highest BCUT2D eigenvalue weighted by atomic mass is 35.5. The minimum absolute atomic E-state index is 0.218. The first-order valence-electron chi connectivity index (χ1n) is 9.84. The third-order valence-electron chi connectivity index (χ3n) is 4.95. The van der Waals surface area contributed by atoms with E-state index >= 15 is 0 Å². The molecule has 0 fully saturated rings. The Morgan fingerprint density at radius 2 is 1.88 bits per heavy atom. The first-order valence-corrected chi connectivity index (χ1v) is 13.8. The molecule has 1 aliphatic heterocycles. The second-order valence-corrected chi connectivity index (χ2v) is 11.9. The van der Waals surface area contributed by atoms with Gasteiger partial charge < -0.3 is 14.6 Å². The van der Waals surface area contributed by atoms with Crippen LogP contribution in [0.2, 0.25) is 10.0 Å². The van der Waals surface area contributed by atoms with Crippen molar-refractivity contribution < 1.29 is 27.4 Å². The lowest BCUT2D eigenvalue weighted by Gasteiger charge is -2.20. The molecule has 0 amide bonds. The molecule has 0 bridgehead atoms. The van der Waals surface area contributed by atoms with Crippen molar-refractivity contribution in [3.05, 3.63) is 56.5 Å². The normalized spacial score (nSPS) is 14.9. The summed E-state index contributed by atoms with van der Waals surface area (Å²) in [6.45, 7) is 0.265. The number of unbranched alkanes of at least 4 members (excludes halogenated alkanes) is 1. The molecule has 0 aliphatic carbocycles. The summed E-state index contributed by atoms with van der Waals surface area (Å²) in [7, 11) is -4.26. The molecule has 12 heteroatoms. The number of carbonyl (C=O) groups is 1. The van der Waals surface area contributed by atoms with E-state index in [1.807, 2.05) is 29.2 Å². The summed E-state index contributed by atoms with van der Waals surface area (Å²) in [4.78, 5) is 14.5. The molecule has 0 radical (unpaired) electrons. The van der Waals surface area contributed by atoms with Gasteiger partial charge in [0.1, 0.15) is 4.70 Å². The third kappa shape index (κ3) is 5.82. The largest absolute Gasteiger partial charge is 0.748 e. The molecule has 0 unspecified atom stereocenters. The van der Waals surface area contributed by atoms with Crippen LogP contribution in [0.3, 0.4) is 0 Å². The van der Waals surface area contributed by atoms with E-state index in [0.717, 1.165) is 30.8 Å². The van der Waals surface area contributed by atoms with Gasteiger partial charge in [-0.25, -0.2) is 13.2 Å². The molecule has 2 heterocycles. The fraction of sp³-hybridized carbons (Fsp3) is 0.238. The fourth-order valence-corrected chi connectivity index (χ4v) is 6.70. The molecule has 174 valence electrons. The number of halogens is 2. The Labute approximate surface area is 209 Å². The van der Waals surface area contributed by atoms with Crippen LogP contribution in [-0.4, -0.2) is 36.3 Å². The Bertz CT molecular complexity index is 1370. The van der Waals surface area contributed by atoms with Crippen LogP contribution in [0.15, 0.2) is 46.3 Å². The van der Waals surface area contributed by atoms with E-state index in [-0.39, 0.29) is 13.0 Å². The summed E-state index contributed by atoms with van der Waals surface area (Å²) in [5.41, 5.74) is 1.62. The van der Waals surface area contributed by atoms with Gasteiger partial charge in [0.05, 0.1) is 26.9 Å². The van der Waals surface area contributed by atoms with E-state index < -0.39 is 21.8 Å². The van der Waals surface area contributed by atoms with Gasteiger partial charge in [0.15, 0.2) is 0 Å². The van der Waals surface area contributed by atoms with E-state index in [1.165, 1.54) is 23.1 Å². The topological polar surface area (TPSA) is 102 Å². The number of aromatic nitrogens is 1. The monoisotopic (exact) mass is 544 g/mol. The van der Waals surface area contributed by atoms with Gasteiger partial charge in [-0.15, -0.1) is 0 Å². The van der Waals surface area contributed by atoms with Crippen LogP contribution in [-0.2, 0) is 21.5 Å². The van der Waals surface area contributed by atoms with Gasteiger partial charge >= 0.3 is 5.97 Å². The van der Waals surface area contributed by atoms with Gasteiger partial charge in [-0.2, -0.15) is 4.57 Å². The van der Waals surface area contributed by atoms with E-state index in [9.17, 15) is 22.9 Å². The van der Waals surface area contributed by atoms with Crippen LogP contribution >= 0.6 is 46.3 Å². The number of benzene rings is 2. The predicted molar refractivity (Wildman–Crippen MR) is 131 cm³/mol. The molecule has 4 rings (SSSR count). The van der Waals surface area contributed by atoms with Crippen molar-refractivity contribution in [1.82, 2.24) is 0 Å². The van der Waals surface area contributed by atoms with Gasteiger partial charge in [-0.3, -0.25) is 0 Å². The highest BCUT2D eigenvalue weighted by molar-refractivity contribution is 8.03. The Balaban J connectivity index is 1.72. The van der Waals surface area contributed by atoms with E-state index in [4.69, 9.17) is 23.2 Å². The van der Waals surface area contributed by atoms with Crippen molar-refractivity contribution in [2.24, 2.45) is 0 Å². The van der Waals surface area contributed by atoms with Crippen LogP contribution in [0.4, 0.5) is 5.69 Å². The smallest absolute Gasteiger partial charge is 0.370 e. The maximum atomic E-state index is 11.5. The van der Waals surface area contributed by atoms with Gasteiger partial charge in [-0.05, 0) is 43.2 Å². The summed E-state index contributed by atoms with van der Waals surface area (Å²) in [6.07, 6.45) is 2.66. The standard InChI is InChI=1S/C21H18Cl2N2O5S3/c22-13-3-5-17-15(9-13)24(7-1-2-8-33(28,29)30)19(31-17)11-20-25(12-21(26)27)16-10-14(23)4-6-18(16)32-20/h3-6,9-11H,1-2,7-8,12H2,(H-,26,27,28,29,30). The number of carboxylic acids is 1. The maximum absolute atomic E-state index is 11.5. The van der Waals surface area contributed by atoms with Gasteiger partial charge in [0.2, 0.25) is 12.1 Å². The fourth-order valence-electron chi connectivity index (χ4n) is 3.55. The highest BCUT2D eigenvalue weighted by Crippen LogP contribution is 2.48. The van der Waals surface area contributed by atoms with Crippen LogP contribution in [0.25, 0.3) is 16.3 Å². The van der Waals surface area contributed by atoms with Crippen molar-refractivity contribution in [3.8, 4) is 0 Å². The van der Waals surface area contributed by atoms with Crippen LogP contribution in [0.5, 0.6) is 0 Å². The summed E-state index contributed by atoms with van der Waals surface area (Å²) in [6, 6.07) is 10.9. The average molecular weight is 545 g/mol. The lowest BCUT2D eigenvalue weighted by Crippen LogP contribution is -2.39. The van der Waals surface area contributed by atoms with E-state index in [1.54, 1.807) is 22.8 Å². The quantitative estimate of drug-likeness (QED) is 0.246. The van der Waals surface area contributed by atoms with E-state index in [0.29, 0.717) is 23.0 Å². The highest BCUT2D eigenvalue weighted by Gasteiger charge is 2.29. The zero-order valence-electron chi connectivity index (χ0n) is 17.0. The molecular formula is C21H18Cl2N2O5S3. The number of nitrogens with zero attached hydrogens (tertiary/aromatic N) is 2. The number of thiazole rings is 1. The molecule has 0 atom stereocenters. The SMILES string of the molecule is O=C(O)C[n+]1c(C=C2Sc3ccc(Cl)cc3N2CCCCS(=O)(=O)[O-])sc2ccc(Cl)cc21. The minimum Gasteiger partial charge on any atom is -0.748 e. The van der Waals surface area contributed by atoms with Crippen LogP contribution in [0, 0.1) is 0 Å². The van der Waals surface area contributed by atoms with Gasteiger partial charge in [0, 0.05) is 33.3 Å². The first kappa shape index (κ1) is 24.3. The summed E-state index contributed by atoms with van der Waals surface area (Å²) in [5.74, 6) is -1.38. The van der Waals surface area contributed by atoms with Gasteiger partial charge in [0.25, 0.3) is 5.01 Å². The minimum atomic E-state index is -4.26. The lowest BCUT2D eigenvalue weighted by molar-refractivity contribution is -0.657.